The fourth-order valence-electron chi connectivity index (χ4n) is 3.57. The second kappa shape index (κ2) is 6.18. The standard InChI is InChI=1S/C17H21FN2O3/c1-10-5-6-12-13(3-2-4-14(12)18)15(10)19-17(23)20-8-7-11(9-20)16(21)22/h2-4,10-11,15H,5-9H2,1H3,(H,19,23)(H,21,22). The lowest BCUT2D eigenvalue weighted by Gasteiger charge is -2.33. The van der Waals surface area contributed by atoms with Crippen molar-refractivity contribution < 1.29 is 19.1 Å². The largest absolute Gasteiger partial charge is 0.481 e. The molecule has 6 heteroatoms. The van der Waals surface area contributed by atoms with E-state index in [1.54, 1.807) is 11.0 Å². The number of likely N-dealkylation sites (tertiary alicyclic amines) is 1. The molecule has 1 aliphatic heterocycles. The normalized spacial score (nSPS) is 26.7. The Morgan fingerprint density at radius 1 is 1.35 bits per heavy atom. The molecule has 124 valence electrons. The SMILES string of the molecule is CC1CCc2c(F)cccc2C1NC(=O)N1CCC(C(=O)O)C1. The van der Waals surface area contributed by atoms with Gasteiger partial charge in [0, 0.05) is 13.1 Å². The summed E-state index contributed by atoms with van der Waals surface area (Å²) in [6.45, 7) is 2.72. The third-order valence-electron chi connectivity index (χ3n) is 5.01. The molecule has 3 atom stereocenters. The van der Waals surface area contributed by atoms with Crippen molar-refractivity contribution >= 4 is 12.0 Å². The third kappa shape index (κ3) is 3.02. The van der Waals surface area contributed by atoms with Gasteiger partial charge in [-0.1, -0.05) is 19.1 Å². The van der Waals surface area contributed by atoms with Crippen LogP contribution in [0.1, 0.15) is 36.9 Å². The van der Waals surface area contributed by atoms with Gasteiger partial charge in [-0.05, 0) is 42.4 Å². The van der Waals surface area contributed by atoms with E-state index in [9.17, 15) is 14.0 Å². The van der Waals surface area contributed by atoms with Crippen LogP contribution in [0.25, 0.3) is 0 Å². The van der Waals surface area contributed by atoms with Gasteiger partial charge in [0.25, 0.3) is 0 Å². The fraction of sp³-hybridized carbons (Fsp3) is 0.529. The third-order valence-corrected chi connectivity index (χ3v) is 5.01. The number of carbonyl (C=O) groups is 2. The molecule has 1 heterocycles. The van der Waals surface area contributed by atoms with Crippen LogP contribution < -0.4 is 5.32 Å². The number of carboxylic acid groups (broad SMARTS) is 1. The monoisotopic (exact) mass is 320 g/mol. The van der Waals surface area contributed by atoms with Crippen LogP contribution in [0.4, 0.5) is 9.18 Å². The molecule has 0 saturated carbocycles. The zero-order valence-corrected chi connectivity index (χ0v) is 13.1. The van der Waals surface area contributed by atoms with E-state index in [1.165, 1.54) is 6.07 Å². The Morgan fingerprint density at radius 2 is 2.13 bits per heavy atom. The van der Waals surface area contributed by atoms with Crippen LogP contribution >= 0.6 is 0 Å². The summed E-state index contributed by atoms with van der Waals surface area (Å²) in [5, 5.41) is 12.0. The summed E-state index contributed by atoms with van der Waals surface area (Å²) in [6, 6.07) is 4.49. The first-order valence-electron chi connectivity index (χ1n) is 8.03. The summed E-state index contributed by atoms with van der Waals surface area (Å²) in [4.78, 5) is 25.0. The van der Waals surface area contributed by atoms with Crippen LogP contribution in [0, 0.1) is 17.7 Å². The number of hydrogen-bond acceptors (Lipinski definition) is 2. The van der Waals surface area contributed by atoms with E-state index in [0.717, 1.165) is 12.0 Å². The van der Waals surface area contributed by atoms with E-state index in [2.05, 4.69) is 5.32 Å². The molecule has 1 aromatic rings. The number of hydrogen-bond donors (Lipinski definition) is 2. The van der Waals surface area contributed by atoms with Crippen LogP contribution in [0.3, 0.4) is 0 Å². The number of nitrogens with zero attached hydrogens (tertiary/aromatic N) is 1. The van der Waals surface area contributed by atoms with Crippen LogP contribution in [0.5, 0.6) is 0 Å². The Balaban J connectivity index is 1.74. The molecule has 23 heavy (non-hydrogen) atoms. The van der Waals surface area contributed by atoms with Crippen molar-refractivity contribution in [3.8, 4) is 0 Å². The molecular weight excluding hydrogens is 299 g/mol. The number of halogens is 1. The van der Waals surface area contributed by atoms with Crippen molar-refractivity contribution in [1.82, 2.24) is 10.2 Å². The molecule has 0 bridgehead atoms. The quantitative estimate of drug-likeness (QED) is 0.880. The zero-order chi connectivity index (χ0) is 16.6. The highest BCUT2D eigenvalue weighted by molar-refractivity contribution is 5.77. The van der Waals surface area contributed by atoms with E-state index in [0.29, 0.717) is 24.9 Å². The first-order chi connectivity index (χ1) is 11.0. The van der Waals surface area contributed by atoms with Gasteiger partial charge in [0.1, 0.15) is 5.82 Å². The predicted molar refractivity (Wildman–Crippen MR) is 82.5 cm³/mol. The number of urea groups is 1. The van der Waals surface area contributed by atoms with Gasteiger partial charge in [0.2, 0.25) is 0 Å². The van der Waals surface area contributed by atoms with E-state index in [4.69, 9.17) is 5.11 Å². The second-order valence-corrected chi connectivity index (χ2v) is 6.52. The maximum Gasteiger partial charge on any atom is 0.317 e. The number of carbonyl (C=O) groups excluding carboxylic acids is 1. The van der Waals surface area contributed by atoms with Crippen molar-refractivity contribution in [2.24, 2.45) is 11.8 Å². The van der Waals surface area contributed by atoms with E-state index < -0.39 is 11.9 Å². The molecule has 5 nitrogen and oxygen atoms in total. The molecule has 1 saturated heterocycles. The Kier molecular flexibility index (Phi) is 4.24. The summed E-state index contributed by atoms with van der Waals surface area (Å²) in [6.07, 6.45) is 1.98. The lowest BCUT2D eigenvalue weighted by Crippen LogP contribution is -2.43. The van der Waals surface area contributed by atoms with Crippen LogP contribution in [0.2, 0.25) is 0 Å². The number of benzene rings is 1. The van der Waals surface area contributed by atoms with Gasteiger partial charge in [-0.25, -0.2) is 9.18 Å². The average Bonchev–Trinajstić information content (AvgIpc) is 3.00. The average molecular weight is 320 g/mol. The molecule has 1 aliphatic carbocycles. The van der Waals surface area contributed by atoms with Crippen molar-refractivity contribution in [1.29, 1.82) is 0 Å². The van der Waals surface area contributed by atoms with E-state index in [-0.39, 0.29) is 30.4 Å². The molecule has 2 N–H and O–H groups in total. The van der Waals surface area contributed by atoms with Gasteiger partial charge >= 0.3 is 12.0 Å². The van der Waals surface area contributed by atoms with Gasteiger partial charge in [0.05, 0.1) is 12.0 Å². The van der Waals surface area contributed by atoms with Crippen molar-refractivity contribution in [3.05, 3.63) is 35.1 Å². The lowest BCUT2D eigenvalue weighted by atomic mass is 9.80. The van der Waals surface area contributed by atoms with Crippen molar-refractivity contribution in [2.45, 2.75) is 32.2 Å². The predicted octanol–water partition coefficient (Wildman–Crippen LogP) is 2.57. The molecule has 3 rings (SSSR count). The van der Waals surface area contributed by atoms with Crippen LogP contribution in [0.15, 0.2) is 18.2 Å². The zero-order valence-electron chi connectivity index (χ0n) is 13.1. The van der Waals surface area contributed by atoms with Gasteiger partial charge in [0.15, 0.2) is 0 Å². The minimum Gasteiger partial charge on any atom is -0.481 e. The maximum absolute atomic E-state index is 14.0. The lowest BCUT2D eigenvalue weighted by molar-refractivity contribution is -0.141. The summed E-state index contributed by atoms with van der Waals surface area (Å²) in [7, 11) is 0. The Bertz CT molecular complexity index is 634. The second-order valence-electron chi connectivity index (χ2n) is 6.52. The van der Waals surface area contributed by atoms with Gasteiger partial charge in [-0.15, -0.1) is 0 Å². The van der Waals surface area contributed by atoms with Crippen molar-refractivity contribution in [2.75, 3.05) is 13.1 Å². The molecule has 1 aromatic carbocycles. The Morgan fingerprint density at radius 3 is 2.83 bits per heavy atom. The molecule has 3 unspecified atom stereocenters. The maximum atomic E-state index is 14.0. The molecule has 1 fully saturated rings. The molecule has 0 radical (unpaired) electrons. The topological polar surface area (TPSA) is 69.6 Å². The number of nitrogens with one attached hydrogen (secondary N) is 1. The van der Waals surface area contributed by atoms with Crippen LogP contribution in [-0.2, 0) is 11.2 Å². The first kappa shape index (κ1) is 15.8. The number of carboxylic acids is 1. The highest BCUT2D eigenvalue weighted by Crippen LogP contribution is 2.35. The summed E-state index contributed by atoms with van der Waals surface area (Å²) in [5.41, 5.74) is 1.52. The highest BCUT2D eigenvalue weighted by atomic mass is 19.1. The van der Waals surface area contributed by atoms with Gasteiger partial charge in [-0.2, -0.15) is 0 Å². The Hall–Kier alpha value is -2.11. The molecular formula is C17H21FN2O3. The number of fused-ring (bicyclic) bond motifs is 1. The van der Waals surface area contributed by atoms with E-state index in [1.807, 2.05) is 13.0 Å². The Labute approximate surface area is 134 Å². The smallest absolute Gasteiger partial charge is 0.317 e. The summed E-state index contributed by atoms with van der Waals surface area (Å²) >= 11 is 0. The number of aliphatic carboxylic acids is 1. The first-order valence-corrected chi connectivity index (χ1v) is 8.03. The van der Waals surface area contributed by atoms with Gasteiger partial charge in [-0.3, -0.25) is 4.79 Å². The molecule has 2 aliphatic rings. The number of rotatable bonds is 2. The minimum atomic E-state index is -0.862. The minimum absolute atomic E-state index is 0.214. The molecule has 0 spiro atoms. The molecule has 0 aromatic heterocycles. The van der Waals surface area contributed by atoms with E-state index >= 15 is 0 Å². The number of amides is 2. The van der Waals surface area contributed by atoms with Crippen LogP contribution in [-0.4, -0.2) is 35.1 Å². The summed E-state index contributed by atoms with van der Waals surface area (Å²) < 4.78 is 14.0. The summed E-state index contributed by atoms with van der Waals surface area (Å²) in [5.74, 6) is -1.36. The molecule has 2 amide bonds. The van der Waals surface area contributed by atoms with Crippen molar-refractivity contribution in [3.63, 3.8) is 0 Å². The van der Waals surface area contributed by atoms with Gasteiger partial charge < -0.3 is 15.3 Å². The fourth-order valence-corrected chi connectivity index (χ4v) is 3.57. The highest BCUT2D eigenvalue weighted by Gasteiger charge is 2.34.